The van der Waals surface area contributed by atoms with Crippen molar-refractivity contribution >= 4 is 0 Å². The molecule has 0 bridgehead atoms. The Morgan fingerprint density at radius 2 is 2.12 bits per heavy atom. The van der Waals surface area contributed by atoms with Crippen molar-refractivity contribution in [3.63, 3.8) is 0 Å². The van der Waals surface area contributed by atoms with E-state index in [9.17, 15) is 5.11 Å². The van der Waals surface area contributed by atoms with Crippen LogP contribution < -0.4 is 0 Å². The lowest BCUT2D eigenvalue weighted by Gasteiger charge is -1.99. The SMILES string of the molecule is [CH2]C(C)CCCC[O]. The Bertz CT molecular complexity index is 41.7. The first-order chi connectivity index (χ1) is 3.77. The fraction of sp³-hybridized carbons (Fsp3) is 0.857. The molecule has 0 N–H and O–H groups in total. The van der Waals surface area contributed by atoms with E-state index >= 15 is 0 Å². The molecule has 0 rings (SSSR count). The summed E-state index contributed by atoms with van der Waals surface area (Å²) in [4.78, 5) is 0. The van der Waals surface area contributed by atoms with Gasteiger partial charge in [-0.25, -0.2) is 5.11 Å². The molecular weight excluding hydrogens is 100 g/mol. The van der Waals surface area contributed by atoms with Gasteiger partial charge < -0.3 is 0 Å². The summed E-state index contributed by atoms with van der Waals surface area (Å²) in [6.07, 6.45) is 2.97. The van der Waals surface area contributed by atoms with Gasteiger partial charge in [0.05, 0.1) is 6.61 Å². The summed E-state index contributed by atoms with van der Waals surface area (Å²) in [5, 5.41) is 9.89. The third-order valence-corrected chi connectivity index (χ3v) is 1.09. The van der Waals surface area contributed by atoms with Gasteiger partial charge in [-0.3, -0.25) is 0 Å². The Kier molecular flexibility index (Phi) is 5.08. The number of unbranched alkanes of at least 4 members (excludes halogenated alkanes) is 1. The molecule has 2 radical (unpaired) electrons. The predicted octanol–water partition coefficient (Wildman–Crippen LogP) is 2.06. The molecule has 1 heteroatoms. The van der Waals surface area contributed by atoms with Gasteiger partial charge in [-0.1, -0.05) is 26.7 Å². The van der Waals surface area contributed by atoms with Crippen LogP contribution >= 0.6 is 0 Å². The quantitative estimate of drug-likeness (QED) is 0.498. The van der Waals surface area contributed by atoms with Gasteiger partial charge in [0, 0.05) is 0 Å². The number of hydrogen-bond acceptors (Lipinski definition) is 0. The van der Waals surface area contributed by atoms with E-state index in [0.29, 0.717) is 5.92 Å². The van der Waals surface area contributed by atoms with Gasteiger partial charge in [0.1, 0.15) is 0 Å². The van der Waals surface area contributed by atoms with Gasteiger partial charge in [-0.2, -0.15) is 0 Å². The maximum Gasteiger partial charge on any atom is 0.0822 e. The van der Waals surface area contributed by atoms with Crippen LogP contribution in [0.4, 0.5) is 0 Å². The normalized spacial score (nSPS) is 10.5. The first kappa shape index (κ1) is 7.96. The molecule has 48 valence electrons. The second kappa shape index (κ2) is 5.10. The van der Waals surface area contributed by atoms with Crippen LogP contribution in [0.2, 0.25) is 0 Å². The molecule has 0 fully saturated rings. The zero-order valence-corrected chi connectivity index (χ0v) is 5.52. The number of hydrogen-bond donors (Lipinski definition) is 0. The minimum Gasteiger partial charge on any atom is -0.237 e. The third kappa shape index (κ3) is 5.96. The van der Waals surface area contributed by atoms with Crippen LogP contribution in [0.15, 0.2) is 0 Å². The molecule has 0 heterocycles. The van der Waals surface area contributed by atoms with Gasteiger partial charge in [0.2, 0.25) is 0 Å². The Labute approximate surface area is 51.7 Å². The number of rotatable bonds is 4. The van der Waals surface area contributed by atoms with Gasteiger partial charge in [0.15, 0.2) is 0 Å². The van der Waals surface area contributed by atoms with E-state index in [2.05, 4.69) is 13.8 Å². The summed E-state index contributed by atoms with van der Waals surface area (Å²) in [5.41, 5.74) is 0. The highest BCUT2D eigenvalue weighted by Gasteiger charge is 1.91. The Hall–Kier alpha value is -0.0400. The maximum atomic E-state index is 9.89. The molecule has 0 spiro atoms. The van der Waals surface area contributed by atoms with Crippen LogP contribution in [0.25, 0.3) is 0 Å². The first-order valence-electron chi connectivity index (χ1n) is 3.18. The molecule has 0 aliphatic carbocycles. The molecule has 1 unspecified atom stereocenters. The smallest absolute Gasteiger partial charge is 0.0822 e. The minimum atomic E-state index is 0.0761. The highest BCUT2D eigenvalue weighted by Crippen LogP contribution is 2.04. The zero-order valence-electron chi connectivity index (χ0n) is 5.52. The van der Waals surface area contributed by atoms with Crippen molar-refractivity contribution in [1.29, 1.82) is 0 Å². The average Bonchev–Trinajstić information content (AvgIpc) is 1.66. The van der Waals surface area contributed by atoms with E-state index in [1.165, 1.54) is 0 Å². The molecule has 0 saturated heterocycles. The van der Waals surface area contributed by atoms with Gasteiger partial charge in [0.25, 0.3) is 0 Å². The molecule has 0 aromatic rings. The molecule has 0 amide bonds. The second-order valence-electron chi connectivity index (χ2n) is 2.31. The van der Waals surface area contributed by atoms with Crippen LogP contribution in [0.5, 0.6) is 0 Å². The van der Waals surface area contributed by atoms with Crippen LogP contribution in [-0.2, 0) is 5.11 Å². The average molecular weight is 114 g/mol. The van der Waals surface area contributed by atoms with E-state index < -0.39 is 0 Å². The van der Waals surface area contributed by atoms with Crippen molar-refractivity contribution in [3.8, 4) is 0 Å². The molecule has 1 nitrogen and oxygen atoms in total. The molecule has 0 aromatic heterocycles. The predicted molar refractivity (Wildman–Crippen MR) is 33.9 cm³/mol. The minimum absolute atomic E-state index is 0.0761. The molecule has 0 aliphatic heterocycles. The van der Waals surface area contributed by atoms with E-state index in [1.54, 1.807) is 0 Å². The fourth-order valence-corrected chi connectivity index (χ4v) is 0.595. The van der Waals surface area contributed by atoms with E-state index in [4.69, 9.17) is 0 Å². The molecule has 1 atom stereocenters. The fourth-order valence-electron chi connectivity index (χ4n) is 0.595. The van der Waals surface area contributed by atoms with Crippen molar-refractivity contribution in [1.82, 2.24) is 0 Å². The van der Waals surface area contributed by atoms with Crippen LogP contribution in [0, 0.1) is 12.8 Å². The standard InChI is InChI=1S/C7H14O/c1-7(2)5-3-4-6-8/h7H,1,3-6H2,2H3. The summed E-state index contributed by atoms with van der Waals surface area (Å²) in [7, 11) is 0. The van der Waals surface area contributed by atoms with Crippen molar-refractivity contribution in [2.24, 2.45) is 5.92 Å². The zero-order chi connectivity index (χ0) is 6.41. The molecular formula is C7H14O. The van der Waals surface area contributed by atoms with Gasteiger partial charge in [-0.15, -0.1) is 0 Å². The topological polar surface area (TPSA) is 19.9 Å². The molecule has 0 saturated carbocycles. The molecule has 8 heavy (non-hydrogen) atoms. The Balaban J connectivity index is 2.72. The van der Waals surface area contributed by atoms with Crippen molar-refractivity contribution in [3.05, 3.63) is 6.92 Å². The van der Waals surface area contributed by atoms with Crippen LogP contribution in [0.3, 0.4) is 0 Å². The third-order valence-electron chi connectivity index (χ3n) is 1.09. The first-order valence-corrected chi connectivity index (χ1v) is 3.18. The second-order valence-corrected chi connectivity index (χ2v) is 2.31. The van der Waals surface area contributed by atoms with Crippen LogP contribution in [-0.4, -0.2) is 6.61 Å². The summed E-state index contributed by atoms with van der Waals surface area (Å²) >= 11 is 0. The van der Waals surface area contributed by atoms with Crippen molar-refractivity contribution in [2.75, 3.05) is 6.61 Å². The van der Waals surface area contributed by atoms with Gasteiger partial charge >= 0.3 is 0 Å². The lowest BCUT2D eigenvalue weighted by Crippen LogP contribution is -1.88. The summed E-state index contributed by atoms with van der Waals surface area (Å²) < 4.78 is 0. The van der Waals surface area contributed by atoms with Gasteiger partial charge in [-0.05, 0) is 12.3 Å². The Morgan fingerprint density at radius 1 is 1.50 bits per heavy atom. The summed E-state index contributed by atoms with van der Waals surface area (Å²) in [6.45, 7) is 5.96. The monoisotopic (exact) mass is 114 g/mol. The van der Waals surface area contributed by atoms with E-state index in [0.717, 1.165) is 19.3 Å². The Morgan fingerprint density at radius 3 is 2.50 bits per heavy atom. The van der Waals surface area contributed by atoms with Crippen molar-refractivity contribution < 1.29 is 5.11 Å². The molecule has 0 aliphatic rings. The highest BCUT2D eigenvalue weighted by atomic mass is 16.2. The maximum absolute atomic E-state index is 9.89. The molecule has 0 aromatic carbocycles. The van der Waals surface area contributed by atoms with E-state index in [1.807, 2.05) is 0 Å². The lowest BCUT2D eigenvalue weighted by atomic mass is 10.1. The highest BCUT2D eigenvalue weighted by molar-refractivity contribution is 4.52. The summed E-state index contributed by atoms with van der Waals surface area (Å²) in [6, 6.07) is 0. The largest absolute Gasteiger partial charge is 0.237 e. The van der Waals surface area contributed by atoms with E-state index in [-0.39, 0.29) is 6.61 Å². The summed E-state index contributed by atoms with van der Waals surface area (Å²) in [5.74, 6) is 0.515. The lowest BCUT2D eigenvalue weighted by molar-refractivity contribution is 0.185. The van der Waals surface area contributed by atoms with Crippen LogP contribution in [0.1, 0.15) is 26.2 Å². The van der Waals surface area contributed by atoms with Crippen molar-refractivity contribution in [2.45, 2.75) is 26.2 Å².